The number of nitrogens with one attached hydrogen (secondary N) is 1. The number of piperidine rings is 1. The minimum Gasteiger partial charge on any atom is -0.352 e. The molecule has 2 aromatic heterocycles. The van der Waals surface area contributed by atoms with Gasteiger partial charge in [0.15, 0.2) is 5.65 Å². The largest absolute Gasteiger partial charge is 0.352 e. The topological polar surface area (TPSA) is 96.7 Å². The number of carbonyl (C=O) groups excluding carboxylic acids is 1. The normalized spacial score (nSPS) is 17.8. The van der Waals surface area contributed by atoms with Gasteiger partial charge in [-0.1, -0.05) is 12.5 Å². The van der Waals surface area contributed by atoms with Crippen LogP contribution in [0, 0.1) is 0 Å². The highest BCUT2D eigenvalue weighted by Gasteiger charge is 2.30. The van der Waals surface area contributed by atoms with Crippen LogP contribution in [0.4, 0.5) is 0 Å². The summed E-state index contributed by atoms with van der Waals surface area (Å²) in [5, 5.41) is 11.1. The van der Waals surface area contributed by atoms with E-state index in [9.17, 15) is 13.2 Å². The summed E-state index contributed by atoms with van der Waals surface area (Å²) >= 11 is 0. The first-order valence-electron chi connectivity index (χ1n) is 10.2. The molecule has 3 aromatic rings. The summed E-state index contributed by atoms with van der Waals surface area (Å²) in [6.45, 7) is 2.89. The highest BCUT2D eigenvalue weighted by atomic mass is 32.2. The molecule has 1 atom stereocenters. The maximum absolute atomic E-state index is 12.9. The van der Waals surface area contributed by atoms with Crippen molar-refractivity contribution in [3.05, 3.63) is 60.0 Å². The molecule has 8 nitrogen and oxygen atoms in total. The molecule has 0 spiro atoms. The van der Waals surface area contributed by atoms with Crippen LogP contribution < -0.4 is 5.32 Å². The molecule has 4 rings (SSSR count). The lowest BCUT2D eigenvalue weighted by atomic mass is 10.1. The lowest BCUT2D eigenvalue weighted by molar-refractivity contribution is 0.0954. The Morgan fingerprint density at radius 1 is 1.13 bits per heavy atom. The van der Waals surface area contributed by atoms with Crippen molar-refractivity contribution in [2.24, 2.45) is 0 Å². The van der Waals surface area contributed by atoms with Crippen LogP contribution in [0.2, 0.25) is 0 Å². The number of fused-ring (bicyclic) bond motifs is 1. The molecule has 1 aliphatic rings. The van der Waals surface area contributed by atoms with Crippen molar-refractivity contribution in [3.63, 3.8) is 0 Å². The molecule has 1 fully saturated rings. The number of sulfonamides is 1. The van der Waals surface area contributed by atoms with E-state index in [1.54, 1.807) is 16.4 Å². The van der Waals surface area contributed by atoms with Crippen LogP contribution in [-0.2, 0) is 16.4 Å². The minimum absolute atomic E-state index is 0.0000354. The molecule has 0 unspecified atom stereocenters. The first-order chi connectivity index (χ1) is 14.5. The second-order valence-corrected chi connectivity index (χ2v) is 9.43. The number of benzene rings is 1. The highest BCUT2D eigenvalue weighted by molar-refractivity contribution is 7.89. The molecule has 1 N–H and O–H groups in total. The van der Waals surface area contributed by atoms with Gasteiger partial charge in [-0.3, -0.25) is 9.20 Å². The Bertz CT molecular complexity index is 1140. The van der Waals surface area contributed by atoms with E-state index in [0.29, 0.717) is 25.1 Å². The van der Waals surface area contributed by atoms with Crippen molar-refractivity contribution >= 4 is 21.6 Å². The summed E-state index contributed by atoms with van der Waals surface area (Å²) in [4.78, 5) is 12.7. The highest BCUT2D eigenvalue weighted by Crippen LogP contribution is 2.25. The number of hydrogen-bond acceptors (Lipinski definition) is 5. The molecule has 1 aromatic carbocycles. The fraction of sp³-hybridized carbons (Fsp3) is 0.381. The summed E-state index contributed by atoms with van der Waals surface area (Å²) in [6, 6.07) is 11.8. The molecule has 158 valence electrons. The van der Waals surface area contributed by atoms with E-state index in [1.165, 1.54) is 12.1 Å². The second-order valence-electron chi connectivity index (χ2n) is 7.54. The zero-order valence-corrected chi connectivity index (χ0v) is 17.7. The van der Waals surface area contributed by atoms with Crippen molar-refractivity contribution < 1.29 is 13.2 Å². The Balaban J connectivity index is 1.38. The Morgan fingerprint density at radius 3 is 2.70 bits per heavy atom. The SMILES string of the molecule is C[C@H]1CCCCN1S(=O)(=O)c1ccc(C(=O)NCCc2nnc3ccccn23)cc1. The predicted octanol–water partition coefficient (Wildman–Crippen LogP) is 2.26. The molecular weight excluding hydrogens is 402 g/mol. The fourth-order valence-corrected chi connectivity index (χ4v) is 5.49. The monoisotopic (exact) mass is 427 g/mol. The summed E-state index contributed by atoms with van der Waals surface area (Å²) in [6.07, 6.45) is 5.23. The van der Waals surface area contributed by atoms with Gasteiger partial charge in [-0.15, -0.1) is 10.2 Å². The third-order valence-corrected chi connectivity index (χ3v) is 7.51. The van der Waals surface area contributed by atoms with E-state index in [2.05, 4.69) is 15.5 Å². The molecule has 0 saturated carbocycles. The molecule has 3 heterocycles. The smallest absolute Gasteiger partial charge is 0.251 e. The van der Waals surface area contributed by atoms with E-state index in [-0.39, 0.29) is 16.8 Å². The summed E-state index contributed by atoms with van der Waals surface area (Å²) in [5.74, 6) is 0.516. The van der Waals surface area contributed by atoms with Crippen LogP contribution in [0.25, 0.3) is 5.65 Å². The van der Waals surface area contributed by atoms with Crippen LogP contribution in [0.15, 0.2) is 53.6 Å². The van der Waals surface area contributed by atoms with Gasteiger partial charge >= 0.3 is 0 Å². The molecule has 1 aliphatic heterocycles. The first-order valence-corrected chi connectivity index (χ1v) is 11.6. The number of carbonyl (C=O) groups is 1. The van der Waals surface area contributed by atoms with Gasteiger partial charge in [-0.05, 0) is 56.2 Å². The standard InChI is InChI=1S/C21H25N5O3S/c1-16-6-2-5-15-26(16)30(28,29)18-10-8-17(9-11-18)21(27)22-13-12-20-24-23-19-7-3-4-14-25(19)20/h3-4,7-11,14,16H,2,5-6,12-13,15H2,1H3,(H,22,27)/t16-/m0/s1. The van der Waals surface area contributed by atoms with Gasteiger partial charge in [-0.25, -0.2) is 8.42 Å². The lowest BCUT2D eigenvalue weighted by Gasteiger charge is -2.32. The third kappa shape index (κ3) is 4.08. The average Bonchev–Trinajstić information content (AvgIpc) is 3.17. The quantitative estimate of drug-likeness (QED) is 0.651. The zero-order chi connectivity index (χ0) is 21.1. The van der Waals surface area contributed by atoms with E-state index < -0.39 is 10.0 Å². The molecular formula is C21H25N5O3S. The Hall–Kier alpha value is -2.78. The molecule has 0 radical (unpaired) electrons. The lowest BCUT2D eigenvalue weighted by Crippen LogP contribution is -2.41. The number of pyridine rings is 1. The van der Waals surface area contributed by atoms with Gasteiger partial charge in [0.25, 0.3) is 5.91 Å². The van der Waals surface area contributed by atoms with Gasteiger partial charge in [-0.2, -0.15) is 4.31 Å². The number of amides is 1. The van der Waals surface area contributed by atoms with E-state index >= 15 is 0 Å². The van der Waals surface area contributed by atoms with Crippen LogP contribution in [-0.4, -0.2) is 52.4 Å². The van der Waals surface area contributed by atoms with Crippen LogP contribution in [0.3, 0.4) is 0 Å². The van der Waals surface area contributed by atoms with Crippen molar-refractivity contribution in [1.29, 1.82) is 0 Å². The van der Waals surface area contributed by atoms with Gasteiger partial charge in [0.1, 0.15) is 5.82 Å². The number of nitrogens with zero attached hydrogens (tertiary/aromatic N) is 4. The van der Waals surface area contributed by atoms with E-state index in [1.807, 2.05) is 35.7 Å². The van der Waals surface area contributed by atoms with Crippen LogP contribution >= 0.6 is 0 Å². The second kappa shape index (κ2) is 8.53. The van der Waals surface area contributed by atoms with E-state index in [0.717, 1.165) is 30.7 Å². The summed E-state index contributed by atoms with van der Waals surface area (Å²) in [5.41, 5.74) is 1.19. The molecule has 30 heavy (non-hydrogen) atoms. The molecule has 0 aliphatic carbocycles. The maximum Gasteiger partial charge on any atom is 0.251 e. The maximum atomic E-state index is 12.9. The minimum atomic E-state index is -3.54. The first kappa shape index (κ1) is 20.5. The Kier molecular flexibility index (Phi) is 5.83. The van der Waals surface area contributed by atoms with Crippen LogP contribution in [0.5, 0.6) is 0 Å². The van der Waals surface area contributed by atoms with Gasteiger partial charge in [0.2, 0.25) is 10.0 Å². The Labute approximate surface area is 176 Å². The van der Waals surface area contributed by atoms with Crippen molar-refractivity contribution in [2.45, 2.75) is 43.5 Å². The molecule has 0 bridgehead atoms. The predicted molar refractivity (Wildman–Crippen MR) is 113 cm³/mol. The van der Waals surface area contributed by atoms with Crippen molar-refractivity contribution in [2.75, 3.05) is 13.1 Å². The number of aromatic nitrogens is 3. The van der Waals surface area contributed by atoms with Crippen molar-refractivity contribution in [1.82, 2.24) is 24.2 Å². The zero-order valence-electron chi connectivity index (χ0n) is 16.9. The molecule has 9 heteroatoms. The van der Waals surface area contributed by atoms with Gasteiger partial charge in [0.05, 0.1) is 4.90 Å². The fourth-order valence-electron chi connectivity index (χ4n) is 3.79. The van der Waals surface area contributed by atoms with Gasteiger partial charge < -0.3 is 5.32 Å². The average molecular weight is 428 g/mol. The van der Waals surface area contributed by atoms with Gasteiger partial charge in [0, 0.05) is 37.3 Å². The molecule has 1 saturated heterocycles. The number of rotatable bonds is 6. The Morgan fingerprint density at radius 2 is 1.93 bits per heavy atom. The van der Waals surface area contributed by atoms with Crippen molar-refractivity contribution in [3.8, 4) is 0 Å². The van der Waals surface area contributed by atoms with E-state index in [4.69, 9.17) is 0 Å². The van der Waals surface area contributed by atoms with Crippen LogP contribution in [0.1, 0.15) is 42.4 Å². The third-order valence-electron chi connectivity index (χ3n) is 5.48. The molecule has 1 amide bonds. The number of hydrogen-bond donors (Lipinski definition) is 1. The summed E-state index contributed by atoms with van der Waals surface area (Å²) in [7, 11) is -3.54. The summed E-state index contributed by atoms with van der Waals surface area (Å²) < 4.78 is 29.2.